The number of rotatable bonds is 8. The van der Waals surface area contributed by atoms with E-state index in [4.69, 9.17) is 9.47 Å². The first-order valence-corrected chi connectivity index (χ1v) is 10.4. The van der Waals surface area contributed by atoms with Crippen LogP contribution in [-0.4, -0.2) is 36.2 Å². The molecule has 0 aliphatic carbocycles. The van der Waals surface area contributed by atoms with Crippen molar-refractivity contribution in [3.05, 3.63) is 58.1 Å². The van der Waals surface area contributed by atoms with Crippen LogP contribution in [0.1, 0.15) is 30.9 Å². The van der Waals surface area contributed by atoms with Crippen LogP contribution >= 0.6 is 0 Å². The van der Waals surface area contributed by atoms with Crippen molar-refractivity contribution in [1.82, 2.24) is 9.55 Å². The van der Waals surface area contributed by atoms with Crippen LogP contribution in [0.25, 0.3) is 10.9 Å². The van der Waals surface area contributed by atoms with Gasteiger partial charge in [0.1, 0.15) is 0 Å². The summed E-state index contributed by atoms with van der Waals surface area (Å²) in [4.78, 5) is 32.0. The topological polar surface area (TPSA) is 73.7 Å². The summed E-state index contributed by atoms with van der Waals surface area (Å²) in [6.07, 6.45) is 2.40. The van der Waals surface area contributed by atoms with E-state index in [2.05, 4.69) is 4.98 Å². The van der Waals surface area contributed by atoms with E-state index in [0.717, 1.165) is 16.8 Å². The summed E-state index contributed by atoms with van der Waals surface area (Å²) in [7, 11) is 3.07. The molecule has 0 fully saturated rings. The Balaban J connectivity index is 1.75. The van der Waals surface area contributed by atoms with Gasteiger partial charge >= 0.3 is 0 Å². The molecule has 0 N–H and O–H groups in total. The van der Waals surface area contributed by atoms with Gasteiger partial charge in [-0.15, -0.1) is 0 Å². The molecule has 0 aliphatic rings. The molecule has 3 aromatic rings. The molecule has 0 atom stereocenters. The largest absolute Gasteiger partial charge is 0.493 e. The predicted octanol–water partition coefficient (Wildman–Crippen LogP) is 3.86. The van der Waals surface area contributed by atoms with E-state index in [1.165, 1.54) is 18.0 Å². The fourth-order valence-corrected chi connectivity index (χ4v) is 3.67. The van der Waals surface area contributed by atoms with Gasteiger partial charge in [-0.25, -0.2) is 4.98 Å². The zero-order chi connectivity index (χ0) is 22.5. The number of hydrogen-bond acceptors (Lipinski definition) is 5. The summed E-state index contributed by atoms with van der Waals surface area (Å²) in [6, 6.07) is 9.44. The number of aromatic nitrogens is 2. The maximum absolute atomic E-state index is 12.9. The van der Waals surface area contributed by atoms with Gasteiger partial charge in [0.15, 0.2) is 11.5 Å². The first kappa shape index (κ1) is 22.3. The Morgan fingerprint density at radius 2 is 1.81 bits per heavy atom. The number of amides is 1. The molecule has 1 aromatic heterocycles. The van der Waals surface area contributed by atoms with Gasteiger partial charge in [0.25, 0.3) is 5.56 Å². The van der Waals surface area contributed by atoms with Crippen molar-refractivity contribution in [3.8, 4) is 11.5 Å². The van der Waals surface area contributed by atoms with Crippen molar-refractivity contribution >= 4 is 22.5 Å². The van der Waals surface area contributed by atoms with Crippen LogP contribution in [0.15, 0.2) is 41.5 Å². The van der Waals surface area contributed by atoms with Crippen LogP contribution in [-0.2, 0) is 11.3 Å². The number of anilines is 1. The number of carbonyl (C=O) groups excluding carboxylic acids is 1. The van der Waals surface area contributed by atoms with Crippen molar-refractivity contribution in [2.75, 3.05) is 25.7 Å². The molecule has 0 bridgehead atoms. The highest BCUT2D eigenvalue weighted by molar-refractivity contribution is 5.94. The van der Waals surface area contributed by atoms with Crippen LogP contribution in [0, 0.1) is 13.8 Å². The van der Waals surface area contributed by atoms with E-state index in [1.807, 2.05) is 39.0 Å². The van der Waals surface area contributed by atoms with E-state index < -0.39 is 0 Å². The Bertz CT molecular complexity index is 1150. The molecule has 3 rings (SSSR count). The van der Waals surface area contributed by atoms with Gasteiger partial charge in [-0.1, -0.05) is 12.1 Å². The van der Waals surface area contributed by atoms with Crippen molar-refractivity contribution in [2.24, 2.45) is 0 Å². The van der Waals surface area contributed by atoms with E-state index >= 15 is 0 Å². The minimum atomic E-state index is -0.166. The molecule has 1 heterocycles. The van der Waals surface area contributed by atoms with Crippen LogP contribution in [0.2, 0.25) is 0 Å². The maximum Gasteiger partial charge on any atom is 0.261 e. The molecular weight excluding hydrogens is 394 g/mol. The highest BCUT2D eigenvalue weighted by Gasteiger charge is 2.16. The molecule has 31 heavy (non-hydrogen) atoms. The number of methoxy groups -OCH3 is 2. The summed E-state index contributed by atoms with van der Waals surface area (Å²) in [5.41, 5.74) is 3.51. The Labute approximate surface area is 182 Å². The lowest BCUT2D eigenvalue weighted by Gasteiger charge is -2.23. The highest BCUT2D eigenvalue weighted by Crippen LogP contribution is 2.29. The molecule has 0 unspecified atom stereocenters. The lowest BCUT2D eigenvalue weighted by molar-refractivity contribution is -0.118. The quantitative estimate of drug-likeness (QED) is 0.550. The summed E-state index contributed by atoms with van der Waals surface area (Å²) in [5.74, 6) is 1.05. The van der Waals surface area contributed by atoms with Gasteiger partial charge in [0.05, 0.1) is 31.4 Å². The van der Waals surface area contributed by atoms with Gasteiger partial charge in [-0.3, -0.25) is 14.2 Å². The minimum absolute atomic E-state index is 0.0457. The average Bonchev–Trinajstić information content (AvgIpc) is 2.77. The summed E-state index contributed by atoms with van der Waals surface area (Å²) in [5, 5.41) is 0.456. The summed E-state index contributed by atoms with van der Waals surface area (Å²) >= 11 is 0. The zero-order valence-corrected chi connectivity index (χ0v) is 18.8. The Morgan fingerprint density at radius 3 is 2.48 bits per heavy atom. The number of carbonyl (C=O) groups is 1. The van der Waals surface area contributed by atoms with Gasteiger partial charge in [-0.05, 0) is 50.5 Å². The molecule has 7 heteroatoms. The van der Waals surface area contributed by atoms with Gasteiger partial charge in [0, 0.05) is 31.3 Å². The Hall–Kier alpha value is -3.35. The standard InChI is InChI=1S/C24H29N3O4/c1-6-27(20-12-16(2)9-10-17(20)3)23(28)8-7-11-26-15-25-19-14-22(31-5)21(30-4)13-18(19)24(26)29/h9-10,12-15H,6-8,11H2,1-5H3. The molecule has 0 radical (unpaired) electrons. The smallest absolute Gasteiger partial charge is 0.261 e. The first-order valence-electron chi connectivity index (χ1n) is 10.4. The van der Waals surface area contributed by atoms with Crippen LogP contribution in [0.4, 0.5) is 5.69 Å². The van der Waals surface area contributed by atoms with Gasteiger partial charge in [0.2, 0.25) is 5.91 Å². The third-order valence-electron chi connectivity index (χ3n) is 5.39. The second-order valence-corrected chi connectivity index (χ2v) is 7.50. The van der Waals surface area contributed by atoms with E-state index in [0.29, 0.717) is 48.3 Å². The molecular formula is C24H29N3O4. The highest BCUT2D eigenvalue weighted by atomic mass is 16.5. The first-order chi connectivity index (χ1) is 14.9. The molecule has 164 valence electrons. The number of benzene rings is 2. The lowest BCUT2D eigenvalue weighted by atomic mass is 10.1. The Kier molecular flexibility index (Phi) is 6.95. The number of nitrogens with zero attached hydrogens (tertiary/aromatic N) is 3. The van der Waals surface area contributed by atoms with E-state index in [9.17, 15) is 9.59 Å². The maximum atomic E-state index is 12.9. The van der Waals surface area contributed by atoms with E-state index in [-0.39, 0.29) is 11.5 Å². The molecule has 1 amide bonds. The van der Waals surface area contributed by atoms with Crippen molar-refractivity contribution in [2.45, 2.75) is 40.2 Å². The summed E-state index contributed by atoms with van der Waals surface area (Å²) in [6.45, 7) is 7.01. The van der Waals surface area contributed by atoms with E-state index in [1.54, 1.807) is 24.1 Å². The monoisotopic (exact) mass is 423 g/mol. The van der Waals surface area contributed by atoms with Gasteiger partial charge in [-0.2, -0.15) is 0 Å². The zero-order valence-electron chi connectivity index (χ0n) is 18.8. The average molecular weight is 424 g/mol. The van der Waals surface area contributed by atoms with Crippen molar-refractivity contribution in [1.29, 1.82) is 0 Å². The molecule has 0 saturated carbocycles. The number of ether oxygens (including phenoxy) is 2. The minimum Gasteiger partial charge on any atom is -0.493 e. The fraction of sp³-hybridized carbons (Fsp3) is 0.375. The normalized spacial score (nSPS) is 10.9. The van der Waals surface area contributed by atoms with Crippen molar-refractivity contribution < 1.29 is 14.3 Å². The Morgan fingerprint density at radius 1 is 1.10 bits per heavy atom. The van der Waals surface area contributed by atoms with Crippen LogP contribution < -0.4 is 19.9 Å². The number of hydrogen-bond donors (Lipinski definition) is 0. The third-order valence-corrected chi connectivity index (χ3v) is 5.39. The molecule has 0 saturated heterocycles. The second-order valence-electron chi connectivity index (χ2n) is 7.50. The SMILES string of the molecule is CCN(C(=O)CCCn1cnc2cc(OC)c(OC)cc2c1=O)c1cc(C)ccc1C. The fourth-order valence-electron chi connectivity index (χ4n) is 3.67. The molecule has 2 aromatic carbocycles. The van der Waals surface area contributed by atoms with Gasteiger partial charge < -0.3 is 14.4 Å². The number of fused-ring (bicyclic) bond motifs is 1. The second kappa shape index (κ2) is 9.64. The molecule has 0 spiro atoms. The lowest BCUT2D eigenvalue weighted by Crippen LogP contribution is -2.31. The molecule has 0 aliphatic heterocycles. The third kappa shape index (κ3) is 4.71. The number of aryl methyl sites for hydroxylation is 3. The molecule has 7 nitrogen and oxygen atoms in total. The van der Waals surface area contributed by atoms with Crippen LogP contribution in [0.3, 0.4) is 0 Å². The predicted molar refractivity (Wildman–Crippen MR) is 122 cm³/mol. The summed E-state index contributed by atoms with van der Waals surface area (Å²) < 4.78 is 12.1. The van der Waals surface area contributed by atoms with Crippen molar-refractivity contribution in [3.63, 3.8) is 0 Å². The van der Waals surface area contributed by atoms with Crippen LogP contribution in [0.5, 0.6) is 11.5 Å².